The van der Waals surface area contributed by atoms with E-state index >= 15 is 0 Å². The van der Waals surface area contributed by atoms with E-state index in [0.29, 0.717) is 11.3 Å². The molecule has 2 rings (SSSR count). The van der Waals surface area contributed by atoms with Gasteiger partial charge in [0, 0.05) is 12.2 Å². The topological polar surface area (TPSA) is 49.3 Å². The molecule has 0 aromatic heterocycles. The number of nitrogens with one attached hydrogen (secondary N) is 1. The van der Waals surface area contributed by atoms with Crippen molar-refractivity contribution in [2.75, 3.05) is 11.9 Å². The molecule has 0 atom stereocenters. The molecule has 96 valence electrons. The summed E-state index contributed by atoms with van der Waals surface area (Å²) in [7, 11) is 0. The molecule has 0 spiro atoms. The summed E-state index contributed by atoms with van der Waals surface area (Å²) < 4.78 is 0. The smallest absolute Gasteiger partial charge is 0.337 e. The van der Waals surface area contributed by atoms with Crippen LogP contribution in [0.1, 0.15) is 41.6 Å². The Morgan fingerprint density at radius 1 is 1.44 bits per heavy atom. The number of hydrogen-bond donors (Lipinski definition) is 2. The molecule has 1 aliphatic rings. The number of rotatable bonds is 5. The van der Waals surface area contributed by atoms with Crippen molar-refractivity contribution in [2.45, 2.75) is 32.6 Å². The molecule has 0 fully saturated rings. The molecule has 0 saturated heterocycles. The Hall–Kier alpha value is -1.77. The molecule has 1 aromatic carbocycles. The van der Waals surface area contributed by atoms with Crippen molar-refractivity contribution >= 4 is 11.7 Å². The fraction of sp³-hybridized carbons (Fsp3) is 0.400. The van der Waals surface area contributed by atoms with Crippen LogP contribution in [0.5, 0.6) is 0 Å². The highest BCUT2D eigenvalue weighted by atomic mass is 16.4. The Morgan fingerprint density at radius 2 is 2.28 bits per heavy atom. The zero-order chi connectivity index (χ0) is 13.0. The quantitative estimate of drug-likeness (QED) is 0.779. The summed E-state index contributed by atoms with van der Waals surface area (Å²) in [5.74, 6) is -0.874. The number of aromatic carboxylic acids is 1. The normalized spacial score (nSPS) is 14.4. The van der Waals surface area contributed by atoms with Crippen molar-refractivity contribution in [2.24, 2.45) is 0 Å². The van der Waals surface area contributed by atoms with Crippen molar-refractivity contribution in [3.05, 3.63) is 41.0 Å². The summed E-state index contributed by atoms with van der Waals surface area (Å²) in [4.78, 5) is 11.1. The van der Waals surface area contributed by atoms with Gasteiger partial charge < -0.3 is 10.4 Å². The van der Waals surface area contributed by atoms with Crippen LogP contribution in [0, 0.1) is 6.92 Å². The molecular weight excluding hydrogens is 226 g/mol. The number of carboxylic acids is 1. The molecule has 0 amide bonds. The van der Waals surface area contributed by atoms with E-state index in [1.54, 1.807) is 6.07 Å². The molecule has 2 N–H and O–H groups in total. The lowest BCUT2D eigenvalue weighted by atomic mass is 10.1. The minimum Gasteiger partial charge on any atom is -0.478 e. The van der Waals surface area contributed by atoms with E-state index in [2.05, 4.69) is 11.4 Å². The van der Waals surface area contributed by atoms with Gasteiger partial charge in [-0.1, -0.05) is 23.3 Å². The van der Waals surface area contributed by atoms with E-state index in [1.807, 2.05) is 19.1 Å². The van der Waals surface area contributed by atoms with Gasteiger partial charge in [0.05, 0.1) is 5.56 Å². The van der Waals surface area contributed by atoms with Crippen LogP contribution in [0.25, 0.3) is 0 Å². The Bertz CT molecular complexity index is 477. The summed E-state index contributed by atoms with van der Waals surface area (Å²) in [6.07, 6.45) is 6.96. The van der Waals surface area contributed by atoms with Gasteiger partial charge in [-0.25, -0.2) is 4.79 Å². The highest BCUT2D eigenvalue weighted by Crippen LogP contribution is 2.22. The Kier molecular flexibility index (Phi) is 4.03. The maximum atomic E-state index is 11.1. The summed E-state index contributed by atoms with van der Waals surface area (Å²) in [6, 6.07) is 5.49. The number of aryl methyl sites for hydroxylation is 1. The predicted octanol–water partition coefficient (Wildman–Crippen LogP) is 3.61. The first-order valence-electron chi connectivity index (χ1n) is 6.42. The lowest BCUT2D eigenvalue weighted by Crippen LogP contribution is -2.08. The Balaban J connectivity index is 1.98. The van der Waals surface area contributed by atoms with Crippen LogP contribution < -0.4 is 5.32 Å². The number of hydrogen-bond acceptors (Lipinski definition) is 2. The van der Waals surface area contributed by atoms with Gasteiger partial charge in [-0.05, 0) is 44.7 Å². The van der Waals surface area contributed by atoms with Crippen molar-refractivity contribution in [1.29, 1.82) is 0 Å². The predicted molar refractivity (Wildman–Crippen MR) is 73.2 cm³/mol. The molecule has 1 aromatic rings. The van der Waals surface area contributed by atoms with E-state index in [-0.39, 0.29) is 0 Å². The molecule has 18 heavy (non-hydrogen) atoms. The van der Waals surface area contributed by atoms with Crippen molar-refractivity contribution in [1.82, 2.24) is 0 Å². The summed E-state index contributed by atoms with van der Waals surface area (Å²) in [5.41, 5.74) is 3.53. The highest BCUT2D eigenvalue weighted by molar-refractivity contribution is 5.94. The van der Waals surface area contributed by atoms with Gasteiger partial charge in [-0.2, -0.15) is 0 Å². The number of carboxylic acid groups (broad SMARTS) is 1. The molecule has 1 aliphatic carbocycles. The lowest BCUT2D eigenvalue weighted by molar-refractivity contribution is 0.0698. The monoisotopic (exact) mass is 245 g/mol. The van der Waals surface area contributed by atoms with Crippen molar-refractivity contribution < 1.29 is 9.90 Å². The van der Waals surface area contributed by atoms with Gasteiger partial charge >= 0.3 is 5.97 Å². The second-order valence-electron chi connectivity index (χ2n) is 4.79. The summed E-state index contributed by atoms with van der Waals surface area (Å²) in [5, 5.41) is 12.4. The van der Waals surface area contributed by atoms with Crippen LogP contribution in [-0.2, 0) is 0 Å². The van der Waals surface area contributed by atoms with Gasteiger partial charge in [0.15, 0.2) is 0 Å². The maximum Gasteiger partial charge on any atom is 0.337 e. The molecular formula is C15H19NO2. The Morgan fingerprint density at radius 3 is 2.94 bits per heavy atom. The fourth-order valence-electron chi connectivity index (χ4n) is 2.31. The molecule has 0 saturated carbocycles. The minimum absolute atomic E-state index is 0.357. The zero-order valence-corrected chi connectivity index (χ0v) is 10.7. The molecule has 0 unspecified atom stereocenters. The molecule has 0 heterocycles. The lowest BCUT2D eigenvalue weighted by Gasteiger charge is -2.10. The van der Waals surface area contributed by atoms with E-state index in [4.69, 9.17) is 5.11 Å². The van der Waals surface area contributed by atoms with Crippen LogP contribution >= 0.6 is 0 Å². The van der Waals surface area contributed by atoms with Gasteiger partial charge in [0.25, 0.3) is 0 Å². The number of allylic oxidation sites excluding steroid dienone is 1. The van der Waals surface area contributed by atoms with Crippen LogP contribution in [0.4, 0.5) is 5.69 Å². The highest BCUT2D eigenvalue weighted by Gasteiger charge is 2.10. The van der Waals surface area contributed by atoms with Gasteiger partial charge in [0.1, 0.15) is 0 Å². The van der Waals surface area contributed by atoms with E-state index in [0.717, 1.165) is 18.5 Å². The minimum atomic E-state index is -0.874. The first-order chi connectivity index (χ1) is 8.66. The van der Waals surface area contributed by atoms with E-state index < -0.39 is 5.97 Å². The largest absolute Gasteiger partial charge is 0.478 e. The molecule has 0 bridgehead atoms. The molecule has 0 radical (unpaired) electrons. The zero-order valence-electron chi connectivity index (χ0n) is 10.7. The first-order valence-corrected chi connectivity index (χ1v) is 6.42. The number of benzene rings is 1. The number of anilines is 1. The molecule has 0 aliphatic heterocycles. The van der Waals surface area contributed by atoms with Crippen LogP contribution in [0.2, 0.25) is 0 Å². The van der Waals surface area contributed by atoms with Crippen molar-refractivity contribution in [3.63, 3.8) is 0 Å². The second-order valence-corrected chi connectivity index (χ2v) is 4.79. The standard InChI is InChI=1S/C15H19NO2/c1-11-6-7-14(13(10-11)15(17)18)16-9-8-12-4-2-3-5-12/h4,6-7,10,16H,2-3,5,8-9H2,1H3,(H,17,18). The van der Waals surface area contributed by atoms with Crippen LogP contribution in [0.3, 0.4) is 0 Å². The third-order valence-electron chi connectivity index (χ3n) is 3.30. The first kappa shape index (κ1) is 12.7. The summed E-state index contributed by atoms with van der Waals surface area (Å²) >= 11 is 0. The number of carbonyl (C=O) groups is 1. The van der Waals surface area contributed by atoms with Crippen molar-refractivity contribution in [3.8, 4) is 0 Å². The SMILES string of the molecule is Cc1ccc(NCCC2=CCCC2)c(C(=O)O)c1. The second kappa shape index (κ2) is 5.71. The van der Waals surface area contributed by atoms with Crippen LogP contribution in [-0.4, -0.2) is 17.6 Å². The third kappa shape index (κ3) is 3.13. The average molecular weight is 245 g/mol. The molecule has 3 heteroatoms. The van der Waals surface area contributed by atoms with Crippen LogP contribution in [0.15, 0.2) is 29.8 Å². The Labute approximate surface area is 108 Å². The maximum absolute atomic E-state index is 11.1. The van der Waals surface area contributed by atoms with E-state index in [9.17, 15) is 4.79 Å². The summed E-state index contributed by atoms with van der Waals surface area (Å²) in [6.45, 7) is 2.70. The molecule has 3 nitrogen and oxygen atoms in total. The van der Waals surface area contributed by atoms with Gasteiger partial charge in [-0.15, -0.1) is 0 Å². The van der Waals surface area contributed by atoms with Gasteiger partial charge in [-0.3, -0.25) is 0 Å². The van der Waals surface area contributed by atoms with Gasteiger partial charge in [0.2, 0.25) is 0 Å². The van der Waals surface area contributed by atoms with E-state index in [1.165, 1.54) is 24.8 Å². The average Bonchev–Trinajstić information content (AvgIpc) is 2.84. The fourth-order valence-corrected chi connectivity index (χ4v) is 2.31. The third-order valence-corrected chi connectivity index (χ3v) is 3.30.